The van der Waals surface area contributed by atoms with Crippen LogP contribution in [0.5, 0.6) is 0 Å². The van der Waals surface area contributed by atoms with Gasteiger partial charge in [0.15, 0.2) is 0 Å². The highest BCUT2D eigenvalue weighted by molar-refractivity contribution is 9.10. The number of rotatable bonds is 3. The Bertz CT molecular complexity index is 701. The zero-order valence-corrected chi connectivity index (χ0v) is 12.2. The SMILES string of the molecule is Cn1cc(CNc2ccc(Br)cn2)c2ccccc21. The molecule has 0 amide bonds. The Morgan fingerprint density at radius 2 is 2.05 bits per heavy atom. The maximum absolute atomic E-state index is 4.32. The number of nitrogens with zero attached hydrogens (tertiary/aromatic N) is 2. The number of anilines is 1. The van der Waals surface area contributed by atoms with Crippen molar-refractivity contribution in [2.45, 2.75) is 6.54 Å². The van der Waals surface area contributed by atoms with Crippen LogP contribution in [-0.4, -0.2) is 9.55 Å². The van der Waals surface area contributed by atoms with Crippen molar-refractivity contribution in [2.24, 2.45) is 7.05 Å². The molecule has 0 atom stereocenters. The summed E-state index contributed by atoms with van der Waals surface area (Å²) in [6.07, 6.45) is 3.96. The van der Waals surface area contributed by atoms with E-state index in [4.69, 9.17) is 0 Å². The molecule has 96 valence electrons. The standard InChI is InChI=1S/C15H14BrN3/c1-19-10-11(13-4-2-3-5-14(13)19)8-17-15-7-6-12(16)9-18-15/h2-7,9-10H,8H2,1H3,(H,17,18). The van der Waals surface area contributed by atoms with Crippen molar-refractivity contribution >= 4 is 32.7 Å². The fourth-order valence-electron chi connectivity index (χ4n) is 2.23. The van der Waals surface area contributed by atoms with Crippen LogP contribution in [0.25, 0.3) is 10.9 Å². The number of aromatic nitrogens is 2. The number of fused-ring (bicyclic) bond motifs is 1. The molecular weight excluding hydrogens is 302 g/mol. The van der Waals surface area contributed by atoms with E-state index in [2.05, 4.69) is 68.3 Å². The first-order valence-electron chi connectivity index (χ1n) is 6.12. The quantitative estimate of drug-likeness (QED) is 0.793. The predicted octanol–water partition coefficient (Wildman–Crippen LogP) is 3.95. The van der Waals surface area contributed by atoms with Crippen molar-refractivity contribution in [1.82, 2.24) is 9.55 Å². The minimum atomic E-state index is 0.774. The summed E-state index contributed by atoms with van der Waals surface area (Å²) in [6.45, 7) is 0.774. The number of para-hydroxylation sites is 1. The summed E-state index contributed by atoms with van der Waals surface area (Å²) in [4.78, 5) is 4.32. The molecule has 2 aromatic heterocycles. The molecule has 1 aromatic carbocycles. The normalized spacial score (nSPS) is 10.8. The third kappa shape index (κ3) is 2.49. The topological polar surface area (TPSA) is 29.9 Å². The molecule has 0 saturated carbocycles. The highest BCUT2D eigenvalue weighted by Crippen LogP contribution is 2.21. The van der Waals surface area contributed by atoms with Crippen LogP contribution in [0, 0.1) is 0 Å². The number of hydrogen-bond donors (Lipinski definition) is 1. The lowest BCUT2D eigenvalue weighted by molar-refractivity contribution is 0.954. The van der Waals surface area contributed by atoms with E-state index in [0.29, 0.717) is 0 Å². The van der Waals surface area contributed by atoms with Crippen molar-refractivity contribution in [3.63, 3.8) is 0 Å². The minimum Gasteiger partial charge on any atom is -0.366 e. The first-order valence-corrected chi connectivity index (χ1v) is 6.92. The van der Waals surface area contributed by atoms with Crippen LogP contribution < -0.4 is 5.32 Å². The molecule has 2 heterocycles. The van der Waals surface area contributed by atoms with Crippen LogP contribution in [0.15, 0.2) is 53.3 Å². The van der Waals surface area contributed by atoms with Crippen LogP contribution in [0.2, 0.25) is 0 Å². The Hall–Kier alpha value is -1.81. The number of pyridine rings is 1. The van der Waals surface area contributed by atoms with Crippen molar-refractivity contribution in [3.05, 3.63) is 58.8 Å². The summed E-state index contributed by atoms with van der Waals surface area (Å²) in [6, 6.07) is 12.4. The Kier molecular flexibility index (Phi) is 3.25. The molecule has 0 fully saturated rings. The minimum absolute atomic E-state index is 0.774. The molecule has 3 nitrogen and oxygen atoms in total. The van der Waals surface area contributed by atoms with Gasteiger partial charge in [-0.1, -0.05) is 18.2 Å². The van der Waals surface area contributed by atoms with Gasteiger partial charge in [-0.25, -0.2) is 4.98 Å². The van der Waals surface area contributed by atoms with Crippen molar-refractivity contribution in [3.8, 4) is 0 Å². The second-order valence-corrected chi connectivity index (χ2v) is 5.41. The molecule has 0 bridgehead atoms. The van der Waals surface area contributed by atoms with Crippen LogP contribution in [0.4, 0.5) is 5.82 Å². The zero-order valence-electron chi connectivity index (χ0n) is 10.6. The van der Waals surface area contributed by atoms with Crippen molar-refractivity contribution in [2.75, 3.05) is 5.32 Å². The Balaban J connectivity index is 1.84. The molecule has 3 rings (SSSR count). The van der Waals surface area contributed by atoms with Gasteiger partial charge in [0.25, 0.3) is 0 Å². The Morgan fingerprint density at radius 3 is 2.84 bits per heavy atom. The van der Waals surface area contributed by atoms with Crippen molar-refractivity contribution < 1.29 is 0 Å². The van der Waals surface area contributed by atoms with E-state index >= 15 is 0 Å². The van der Waals surface area contributed by atoms with Gasteiger partial charge in [0, 0.05) is 41.4 Å². The number of halogens is 1. The average molecular weight is 316 g/mol. The van der Waals surface area contributed by atoms with Crippen molar-refractivity contribution in [1.29, 1.82) is 0 Å². The molecule has 4 heteroatoms. The van der Waals surface area contributed by atoms with E-state index < -0.39 is 0 Å². The van der Waals surface area contributed by atoms with Gasteiger partial charge in [-0.05, 0) is 39.7 Å². The number of benzene rings is 1. The summed E-state index contributed by atoms with van der Waals surface area (Å²) in [7, 11) is 2.07. The first-order chi connectivity index (χ1) is 9.24. The number of aryl methyl sites for hydroxylation is 1. The van der Waals surface area contributed by atoms with Gasteiger partial charge in [-0.15, -0.1) is 0 Å². The fourth-order valence-corrected chi connectivity index (χ4v) is 2.47. The van der Waals surface area contributed by atoms with Gasteiger partial charge in [0.05, 0.1) is 0 Å². The van der Waals surface area contributed by atoms with Crippen LogP contribution in [0.3, 0.4) is 0 Å². The summed E-state index contributed by atoms with van der Waals surface area (Å²) in [5.74, 6) is 0.885. The van der Waals surface area contributed by atoms with E-state index in [-0.39, 0.29) is 0 Å². The lowest BCUT2D eigenvalue weighted by Gasteiger charge is -2.04. The highest BCUT2D eigenvalue weighted by atomic mass is 79.9. The van der Waals surface area contributed by atoms with Gasteiger partial charge in [-0.3, -0.25) is 0 Å². The van der Waals surface area contributed by atoms with E-state index in [1.165, 1.54) is 16.5 Å². The summed E-state index contributed by atoms with van der Waals surface area (Å²) >= 11 is 3.38. The van der Waals surface area contributed by atoms with E-state index in [1.807, 2.05) is 12.1 Å². The van der Waals surface area contributed by atoms with Gasteiger partial charge in [0.2, 0.25) is 0 Å². The second-order valence-electron chi connectivity index (χ2n) is 4.50. The largest absolute Gasteiger partial charge is 0.366 e. The monoisotopic (exact) mass is 315 g/mol. The van der Waals surface area contributed by atoms with Crippen LogP contribution in [0.1, 0.15) is 5.56 Å². The van der Waals surface area contributed by atoms with E-state index in [0.717, 1.165) is 16.8 Å². The van der Waals surface area contributed by atoms with E-state index in [1.54, 1.807) is 6.20 Å². The zero-order chi connectivity index (χ0) is 13.2. The molecule has 0 aliphatic heterocycles. The van der Waals surface area contributed by atoms with Crippen LogP contribution in [-0.2, 0) is 13.6 Å². The Labute approximate surface area is 120 Å². The summed E-state index contributed by atoms with van der Waals surface area (Å²) in [5.41, 5.74) is 2.53. The lowest BCUT2D eigenvalue weighted by Crippen LogP contribution is -2.00. The molecule has 0 radical (unpaired) electrons. The molecule has 19 heavy (non-hydrogen) atoms. The lowest BCUT2D eigenvalue weighted by atomic mass is 10.2. The predicted molar refractivity (Wildman–Crippen MR) is 82.2 cm³/mol. The van der Waals surface area contributed by atoms with Gasteiger partial charge in [-0.2, -0.15) is 0 Å². The molecule has 1 N–H and O–H groups in total. The fraction of sp³-hybridized carbons (Fsp3) is 0.133. The average Bonchev–Trinajstić information content (AvgIpc) is 2.76. The van der Waals surface area contributed by atoms with E-state index in [9.17, 15) is 0 Å². The summed E-state index contributed by atoms with van der Waals surface area (Å²) < 4.78 is 3.14. The van der Waals surface area contributed by atoms with Gasteiger partial charge >= 0.3 is 0 Å². The third-order valence-electron chi connectivity index (χ3n) is 3.17. The molecule has 0 spiro atoms. The second kappa shape index (κ2) is 5.05. The van der Waals surface area contributed by atoms with Gasteiger partial charge < -0.3 is 9.88 Å². The number of nitrogens with one attached hydrogen (secondary N) is 1. The molecule has 0 aliphatic rings. The van der Waals surface area contributed by atoms with Crippen LogP contribution >= 0.6 is 15.9 Å². The number of hydrogen-bond acceptors (Lipinski definition) is 2. The first kappa shape index (κ1) is 12.2. The molecular formula is C15H14BrN3. The Morgan fingerprint density at radius 1 is 1.21 bits per heavy atom. The smallest absolute Gasteiger partial charge is 0.126 e. The molecule has 3 aromatic rings. The van der Waals surface area contributed by atoms with Gasteiger partial charge in [0.1, 0.15) is 5.82 Å². The molecule has 0 saturated heterocycles. The highest BCUT2D eigenvalue weighted by Gasteiger charge is 2.05. The molecule has 0 unspecified atom stereocenters. The summed E-state index contributed by atoms with van der Waals surface area (Å²) in [5, 5.41) is 4.64. The third-order valence-corrected chi connectivity index (χ3v) is 3.64. The maximum atomic E-state index is 4.32. The maximum Gasteiger partial charge on any atom is 0.126 e. The molecule has 0 aliphatic carbocycles.